The van der Waals surface area contributed by atoms with Crippen LogP contribution < -0.4 is 5.32 Å². The first-order valence-corrected chi connectivity index (χ1v) is 5.42. The molecule has 0 amide bonds. The standard InChI is InChI=1S/C13H18N2/c1-10(14-2)8-11-4-5-13-12(9-11)6-7-15(13)3/h4-7,9-10,14H,8H2,1-3H3. The molecule has 1 heterocycles. The van der Waals surface area contributed by atoms with Crippen LogP contribution in [0.4, 0.5) is 0 Å². The molecule has 2 nitrogen and oxygen atoms in total. The van der Waals surface area contributed by atoms with Gasteiger partial charge in [0.15, 0.2) is 0 Å². The van der Waals surface area contributed by atoms with Crippen LogP contribution in [0.3, 0.4) is 0 Å². The van der Waals surface area contributed by atoms with Crippen molar-refractivity contribution >= 4 is 10.9 Å². The first kappa shape index (κ1) is 10.2. The van der Waals surface area contributed by atoms with Gasteiger partial charge < -0.3 is 9.88 Å². The monoisotopic (exact) mass is 202 g/mol. The summed E-state index contributed by atoms with van der Waals surface area (Å²) < 4.78 is 2.15. The molecule has 0 saturated heterocycles. The highest BCUT2D eigenvalue weighted by Crippen LogP contribution is 2.17. The second-order valence-electron chi connectivity index (χ2n) is 4.21. The van der Waals surface area contributed by atoms with Crippen LogP contribution in [0.2, 0.25) is 0 Å². The Morgan fingerprint density at radius 3 is 2.87 bits per heavy atom. The number of fused-ring (bicyclic) bond motifs is 1. The first-order chi connectivity index (χ1) is 7.20. The van der Waals surface area contributed by atoms with Crippen LogP contribution in [0.15, 0.2) is 30.5 Å². The third-order valence-electron chi connectivity index (χ3n) is 2.98. The quantitative estimate of drug-likeness (QED) is 0.808. The minimum Gasteiger partial charge on any atom is -0.351 e. The van der Waals surface area contributed by atoms with Crippen LogP contribution in [0.25, 0.3) is 10.9 Å². The lowest BCUT2D eigenvalue weighted by Gasteiger charge is -2.10. The van der Waals surface area contributed by atoms with E-state index in [0.29, 0.717) is 6.04 Å². The van der Waals surface area contributed by atoms with E-state index in [9.17, 15) is 0 Å². The summed E-state index contributed by atoms with van der Waals surface area (Å²) in [6, 6.07) is 9.40. The molecule has 0 aliphatic heterocycles. The van der Waals surface area contributed by atoms with Crippen LogP contribution in [0.1, 0.15) is 12.5 Å². The van der Waals surface area contributed by atoms with E-state index >= 15 is 0 Å². The number of aromatic nitrogens is 1. The van der Waals surface area contributed by atoms with E-state index in [4.69, 9.17) is 0 Å². The van der Waals surface area contributed by atoms with Crippen molar-refractivity contribution in [3.05, 3.63) is 36.0 Å². The minimum atomic E-state index is 0.533. The number of benzene rings is 1. The largest absolute Gasteiger partial charge is 0.351 e. The SMILES string of the molecule is CNC(C)Cc1ccc2c(ccn2C)c1. The molecule has 0 radical (unpaired) electrons. The van der Waals surface area contributed by atoms with Gasteiger partial charge >= 0.3 is 0 Å². The maximum Gasteiger partial charge on any atom is 0.0477 e. The van der Waals surface area contributed by atoms with Crippen molar-refractivity contribution in [2.45, 2.75) is 19.4 Å². The second-order valence-corrected chi connectivity index (χ2v) is 4.21. The summed E-state index contributed by atoms with van der Waals surface area (Å²) in [6.07, 6.45) is 3.19. The van der Waals surface area contributed by atoms with Crippen molar-refractivity contribution in [1.29, 1.82) is 0 Å². The smallest absolute Gasteiger partial charge is 0.0477 e. The van der Waals surface area contributed by atoms with E-state index in [-0.39, 0.29) is 0 Å². The van der Waals surface area contributed by atoms with Crippen LogP contribution in [0, 0.1) is 0 Å². The van der Waals surface area contributed by atoms with Crippen LogP contribution >= 0.6 is 0 Å². The van der Waals surface area contributed by atoms with Gasteiger partial charge in [0.25, 0.3) is 0 Å². The van der Waals surface area contributed by atoms with Crippen molar-refractivity contribution in [2.24, 2.45) is 7.05 Å². The summed E-state index contributed by atoms with van der Waals surface area (Å²) in [4.78, 5) is 0. The van der Waals surface area contributed by atoms with Crippen molar-refractivity contribution in [2.75, 3.05) is 7.05 Å². The molecule has 1 aromatic heterocycles. The van der Waals surface area contributed by atoms with E-state index in [2.05, 4.69) is 54.3 Å². The molecule has 0 aliphatic rings. The molecular weight excluding hydrogens is 184 g/mol. The highest BCUT2D eigenvalue weighted by Gasteiger charge is 2.03. The number of hydrogen-bond acceptors (Lipinski definition) is 1. The predicted octanol–water partition coefficient (Wildman–Crippen LogP) is 2.33. The molecule has 2 aromatic rings. The van der Waals surface area contributed by atoms with Gasteiger partial charge in [-0.05, 0) is 49.5 Å². The van der Waals surface area contributed by atoms with Crippen molar-refractivity contribution < 1.29 is 0 Å². The molecule has 2 heteroatoms. The highest BCUT2D eigenvalue weighted by atomic mass is 14.9. The number of aryl methyl sites for hydroxylation is 1. The average molecular weight is 202 g/mol. The molecule has 2 rings (SSSR count). The van der Waals surface area contributed by atoms with Crippen LogP contribution in [-0.2, 0) is 13.5 Å². The van der Waals surface area contributed by atoms with Gasteiger partial charge in [0.05, 0.1) is 0 Å². The molecule has 1 unspecified atom stereocenters. The Labute approximate surface area is 90.9 Å². The Morgan fingerprint density at radius 2 is 2.13 bits per heavy atom. The van der Waals surface area contributed by atoms with Gasteiger partial charge in [-0.1, -0.05) is 6.07 Å². The molecule has 0 spiro atoms. The number of likely N-dealkylation sites (N-methyl/N-ethyl adjacent to an activating group) is 1. The summed E-state index contributed by atoms with van der Waals surface area (Å²) in [5.74, 6) is 0. The Kier molecular flexibility index (Phi) is 2.78. The summed E-state index contributed by atoms with van der Waals surface area (Å²) in [5, 5.41) is 4.59. The summed E-state index contributed by atoms with van der Waals surface area (Å²) in [6.45, 7) is 2.20. The van der Waals surface area contributed by atoms with E-state index < -0.39 is 0 Å². The molecule has 0 fully saturated rings. The predicted molar refractivity (Wildman–Crippen MR) is 65.1 cm³/mol. The van der Waals surface area contributed by atoms with Crippen molar-refractivity contribution in [1.82, 2.24) is 9.88 Å². The van der Waals surface area contributed by atoms with Gasteiger partial charge in [0.2, 0.25) is 0 Å². The van der Waals surface area contributed by atoms with Gasteiger partial charge in [-0.3, -0.25) is 0 Å². The zero-order valence-electron chi connectivity index (χ0n) is 9.62. The van der Waals surface area contributed by atoms with Crippen LogP contribution in [0.5, 0.6) is 0 Å². The van der Waals surface area contributed by atoms with Crippen molar-refractivity contribution in [3.63, 3.8) is 0 Å². The van der Waals surface area contributed by atoms with E-state index in [0.717, 1.165) is 6.42 Å². The van der Waals surface area contributed by atoms with E-state index in [1.54, 1.807) is 0 Å². The maximum atomic E-state index is 3.26. The topological polar surface area (TPSA) is 17.0 Å². The van der Waals surface area contributed by atoms with Gasteiger partial charge in [-0.2, -0.15) is 0 Å². The second kappa shape index (κ2) is 4.07. The van der Waals surface area contributed by atoms with Gasteiger partial charge in [0, 0.05) is 24.8 Å². The lowest BCUT2D eigenvalue weighted by atomic mass is 10.1. The summed E-state index contributed by atoms with van der Waals surface area (Å²) in [7, 11) is 4.09. The fourth-order valence-corrected chi connectivity index (χ4v) is 1.91. The lowest BCUT2D eigenvalue weighted by molar-refractivity contribution is 0.609. The highest BCUT2D eigenvalue weighted by molar-refractivity contribution is 5.80. The fraction of sp³-hybridized carbons (Fsp3) is 0.385. The van der Waals surface area contributed by atoms with Crippen molar-refractivity contribution in [3.8, 4) is 0 Å². The molecular formula is C13H18N2. The van der Waals surface area contributed by atoms with E-state index in [1.807, 2.05) is 7.05 Å². The van der Waals surface area contributed by atoms with E-state index in [1.165, 1.54) is 16.5 Å². The Morgan fingerprint density at radius 1 is 1.33 bits per heavy atom. The molecule has 1 N–H and O–H groups in total. The van der Waals surface area contributed by atoms with Gasteiger partial charge in [-0.15, -0.1) is 0 Å². The minimum absolute atomic E-state index is 0.533. The first-order valence-electron chi connectivity index (χ1n) is 5.42. The number of rotatable bonds is 3. The zero-order valence-corrected chi connectivity index (χ0v) is 9.62. The third-order valence-corrected chi connectivity index (χ3v) is 2.98. The van der Waals surface area contributed by atoms with Gasteiger partial charge in [-0.25, -0.2) is 0 Å². The number of nitrogens with zero attached hydrogens (tertiary/aromatic N) is 1. The summed E-state index contributed by atoms with van der Waals surface area (Å²) in [5.41, 5.74) is 2.70. The van der Waals surface area contributed by atoms with Gasteiger partial charge in [0.1, 0.15) is 0 Å². The average Bonchev–Trinajstić information content (AvgIpc) is 2.60. The summed E-state index contributed by atoms with van der Waals surface area (Å²) >= 11 is 0. The van der Waals surface area contributed by atoms with Crippen LogP contribution in [-0.4, -0.2) is 17.7 Å². The molecule has 15 heavy (non-hydrogen) atoms. The molecule has 0 aliphatic carbocycles. The maximum absolute atomic E-state index is 3.26. The number of hydrogen-bond donors (Lipinski definition) is 1. The molecule has 0 bridgehead atoms. The number of nitrogens with one attached hydrogen (secondary N) is 1. The molecule has 80 valence electrons. The fourth-order valence-electron chi connectivity index (χ4n) is 1.91. The Hall–Kier alpha value is -1.28. The Bertz CT molecular complexity index is 457. The molecule has 1 aromatic carbocycles. The molecule has 1 atom stereocenters. The zero-order chi connectivity index (χ0) is 10.8. The normalized spacial score (nSPS) is 13.3. The molecule has 0 saturated carbocycles. The third kappa shape index (κ3) is 2.05. The lowest BCUT2D eigenvalue weighted by Crippen LogP contribution is -2.23. The Balaban J connectivity index is 2.31.